The molecule has 0 saturated heterocycles. The van der Waals surface area contributed by atoms with E-state index in [-0.39, 0.29) is 17.7 Å². The standard InChI is InChI=1S/C32H48N4O5S/c1-6-7-16-42-20-26(36-30(39)24-14-11-15-33-19-24)31(40)35-25(17-21(2)3)28(37)29(38)27(22(4)5)32(41)34-18-23-12-9-8-10-13-23/h8-15,19,21-22,25-29,37-38H,6-7,16-18,20H2,1-5H3,(H,34,41)(H,35,40)(H,36,39)/t25-,26?,27+,28+,29+/m0/s1. The average molecular weight is 601 g/mol. The van der Waals surface area contributed by atoms with Crippen LogP contribution in [0.15, 0.2) is 54.9 Å². The zero-order valence-electron chi connectivity index (χ0n) is 25.5. The highest BCUT2D eigenvalue weighted by Gasteiger charge is 2.39. The number of carbonyl (C=O) groups is 3. The van der Waals surface area contributed by atoms with Gasteiger partial charge in [-0.05, 0) is 48.1 Å². The van der Waals surface area contributed by atoms with Gasteiger partial charge in [0.2, 0.25) is 11.8 Å². The van der Waals surface area contributed by atoms with Crippen molar-refractivity contribution in [2.45, 2.75) is 84.7 Å². The van der Waals surface area contributed by atoms with E-state index in [2.05, 4.69) is 27.9 Å². The molecule has 0 bridgehead atoms. The van der Waals surface area contributed by atoms with Crippen molar-refractivity contribution >= 4 is 29.5 Å². The highest BCUT2D eigenvalue weighted by atomic mass is 32.2. The van der Waals surface area contributed by atoms with Crippen molar-refractivity contribution in [1.29, 1.82) is 0 Å². The van der Waals surface area contributed by atoms with Crippen LogP contribution < -0.4 is 16.0 Å². The molecular formula is C32H48N4O5S. The number of aliphatic hydroxyl groups excluding tert-OH is 2. The summed E-state index contributed by atoms with van der Waals surface area (Å²) in [6, 6.07) is 11.0. The first-order valence-corrected chi connectivity index (χ1v) is 16.0. The zero-order valence-corrected chi connectivity index (χ0v) is 26.3. The number of nitrogens with zero attached hydrogens (tertiary/aromatic N) is 1. The summed E-state index contributed by atoms with van der Waals surface area (Å²) in [6.45, 7) is 9.92. The summed E-state index contributed by atoms with van der Waals surface area (Å²) in [4.78, 5) is 43.6. The lowest BCUT2D eigenvalue weighted by atomic mass is 9.83. The van der Waals surface area contributed by atoms with Gasteiger partial charge in [-0.25, -0.2) is 0 Å². The fourth-order valence-corrected chi connectivity index (χ4v) is 5.78. The molecule has 5 N–H and O–H groups in total. The smallest absolute Gasteiger partial charge is 0.253 e. The molecule has 2 rings (SSSR count). The molecule has 0 spiro atoms. The third-order valence-corrected chi connectivity index (χ3v) is 8.13. The zero-order chi connectivity index (χ0) is 31.1. The minimum absolute atomic E-state index is 0.0731. The van der Waals surface area contributed by atoms with Crippen LogP contribution in [0.3, 0.4) is 0 Å². The molecule has 42 heavy (non-hydrogen) atoms. The fourth-order valence-electron chi connectivity index (χ4n) is 4.65. The number of amides is 3. The first kappa shape index (κ1) is 35.2. The van der Waals surface area contributed by atoms with E-state index in [9.17, 15) is 24.6 Å². The molecule has 0 fully saturated rings. The number of unbranched alkanes of at least 4 members (excludes halogenated alkanes) is 1. The van der Waals surface area contributed by atoms with E-state index >= 15 is 0 Å². The lowest BCUT2D eigenvalue weighted by Crippen LogP contribution is -2.58. The van der Waals surface area contributed by atoms with Crippen molar-refractivity contribution in [3.8, 4) is 0 Å². The number of aliphatic hydroxyl groups is 2. The number of hydrogen-bond donors (Lipinski definition) is 5. The molecule has 5 atom stereocenters. The van der Waals surface area contributed by atoms with E-state index in [4.69, 9.17) is 0 Å². The fraction of sp³-hybridized carbons (Fsp3) is 0.562. The lowest BCUT2D eigenvalue weighted by molar-refractivity contribution is -0.137. The largest absolute Gasteiger partial charge is 0.390 e. The van der Waals surface area contributed by atoms with Crippen molar-refractivity contribution in [2.24, 2.45) is 17.8 Å². The predicted molar refractivity (Wildman–Crippen MR) is 168 cm³/mol. The Morgan fingerprint density at radius 3 is 2.24 bits per heavy atom. The molecule has 1 heterocycles. The van der Waals surface area contributed by atoms with E-state index in [1.54, 1.807) is 30.1 Å². The number of benzene rings is 1. The SMILES string of the molecule is CCCCSCC(NC(=O)c1cccnc1)C(=O)N[C@@H](CC(C)C)[C@@H](O)[C@H](O)[C@H](C(=O)NCc1ccccc1)C(C)C. The summed E-state index contributed by atoms with van der Waals surface area (Å²) in [5, 5.41) is 31.2. The number of nitrogens with one attached hydrogen (secondary N) is 3. The molecular weight excluding hydrogens is 552 g/mol. The van der Waals surface area contributed by atoms with Gasteiger partial charge in [-0.1, -0.05) is 71.4 Å². The summed E-state index contributed by atoms with van der Waals surface area (Å²) in [7, 11) is 0. The Morgan fingerprint density at radius 1 is 0.929 bits per heavy atom. The number of thioether (sulfide) groups is 1. The van der Waals surface area contributed by atoms with Gasteiger partial charge in [0.05, 0.1) is 23.6 Å². The van der Waals surface area contributed by atoms with Crippen LogP contribution >= 0.6 is 11.8 Å². The van der Waals surface area contributed by atoms with Gasteiger partial charge in [0.25, 0.3) is 5.91 Å². The molecule has 0 radical (unpaired) electrons. The van der Waals surface area contributed by atoms with Crippen LogP contribution in [-0.2, 0) is 16.1 Å². The Balaban J connectivity index is 2.19. The summed E-state index contributed by atoms with van der Waals surface area (Å²) in [5.41, 5.74) is 1.26. The molecule has 1 aromatic carbocycles. The molecule has 232 valence electrons. The van der Waals surface area contributed by atoms with E-state index in [0.717, 1.165) is 24.2 Å². The molecule has 1 aromatic heterocycles. The normalized spacial score (nSPS) is 15.0. The second kappa shape index (κ2) is 18.6. The second-order valence-corrected chi connectivity index (χ2v) is 12.5. The summed E-state index contributed by atoms with van der Waals surface area (Å²) in [6.07, 6.45) is 2.54. The first-order valence-electron chi connectivity index (χ1n) is 14.8. The van der Waals surface area contributed by atoms with Gasteiger partial charge in [0.15, 0.2) is 0 Å². The van der Waals surface area contributed by atoms with E-state index in [1.165, 1.54) is 6.20 Å². The van der Waals surface area contributed by atoms with Crippen molar-refractivity contribution in [3.05, 3.63) is 66.0 Å². The molecule has 0 aliphatic carbocycles. The lowest BCUT2D eigenvalue weighted by Gasteiger charge is -2.35. The molecule has 2 aromatic rings. The van der Waals surface area contributed by atoms with E-state index < -0.39 is 42.0 Å². The Hall–Kier alpha value is -2.95. The monoisotopic (exact) mass is 600 g/mol. The third-order valence-electron chi connectivity index (χ3n) is 6.99. The summed E-state index contributed by atoms with van der Waals surface area (Å²) >= 11 is 1.57. The van der Waals surface area contributed by atoms with Crippen molar-refractivity contribution in [3.63, 3.8) is 0 Å². The van der Waals surface area contributed by atoms with E-state index in [1.807, 2.05) is 58.0 Å². The minimum Gasteiger partial charge on any atom is -0.390 e. The predicted octanol–water partition coefficient (Wildman–Crippen LogP) is 3.55. The van der Waals surface area contributed by atoms with Crippen LogP contribution in [0.2, 0.25) is 0 Å². The highest BCUT2D eigenvalue weighted by Crippen LogP contribution is 2.23. The molecule has 0 aliphatic rings. The van der Waals surface area contributed by atoms with Gasteiger partial charge in [0, 0.05) is 24.7 Å². The second-order valence-electron chi connectivity index (χ2n) is 11.4. The quantitative estimate of drug-likeness (QED) is 0.165. The van der Waals surface area contributed by atoms with Crippen LogP contribution in [-0.4, -0.2) is 68.7 Å². The van der Waals surface area contributed by atoms with Crippen molar-refractivity contribution in [1.82, 2.24) is 20.9 Å². The summed E-state index contributed by atoms with van der Waals surface area (Å²) in [5.74, 6) is -1.16. The van der Waals surface area contributed by atoms with Gasteiger partial charge in [-0.3, -0.25) is 19.4 Å². The van der Waals surface area contributed by atoms with Gasteiger partial charge < -0.3 is 26.2 Å². The number of aromatic nitrogens is 1. The maximum absolute atomic E-state index is 13.6. The van der Waals surface area contributed by atoms with Crippen LogP contribution in [0, 0.1) is 17.8 Å². The van der Waals surface area contributed by atoms with Gasteiger partial charge in [0.1, 0.15) is 12.1 Å². The van der Waals surface area contributed by atoms with Crippen molar-refractivity contribution in [2.75, 3.05) is 11.5 Å². The number of hydrogen-bond acceptors (Lipinski definition) is 7. The Morgan fingerprint density at radius 2 is 1.64 bits per heavy atom. The highest BCUT2D eigenvalue weighted by molar-refractivity contribution is 7.99. The Kier molecular flexibility index (Phi) is 15.6. The number of carbonyl (C=O) groups excluding carboxylic acids is 3. The summed E-state index contributed by atoms with van der Waals surface area (Å²) < 4.78 is 0. The molecule has 0 saturated carbocycles. The maximum atomic E-state index is 13.6. The van der Waals surface area contributed by atoms with Crippen LogP contribution in [0.4, 0.5) is 0 Å². The molecule has 1 unspecified atom stereocenters. The topological polar surface area (TPSA) is 141 Å². The van der Waals surface area contributed by atoms with Crippen molar-refractivity contribution < 1.29 is 24.6 Å². The minimum atomic E-state index is -1.42. The Bertz CT molecular complexity index is 1090. The van der Waals surface area contributed by atoms with Crippen LogP contribution in [0.5, 0.6) is 0 Å². The van der Waals surface area contributed by atoms with E-state index in [0.29, 0.717) is 24.3 Å². The number of pyridine rings is 1. The van der Waals surface area contributed by atoms with Gasteiger partial charge in [-0.15, -0.1) is 0 Å². The van der Waals surface area contributed by atoms with Gasteiger partial charge in [-0.2, -0.15) is 11.8 Å². The third kappa shape index (κ3) is 11.7. The van der Waals surface area contributed by atoms with Crippen LogP contribution in [0.25, 0.3) is 0 Å². The van der Waals surface area contributed by atoms with Crippen LogP contribution in [0.1, 0.15) is 69.8 Å². The Labute approximate surface area is 254 Å². The maximum Gasteiger partial charge on any atom is 0.253 e. The molecule has 0 aliphatic heterocycles. The average Bonchev–Trinajstić information content (AvgIpc) is 2.97. The van der Waals surface area contributed by atoms with Gasteiger partial charge >= 0.3 is 0 Å². The molecule has 9 nitrogen and oxygen atoms in total. The molecule has 3 amide bonds. The molecule has 10 heteroatoms. The number of rotatable bonds is 18. The first-order chi connectivity index (χ1) is 20.0.